The molecule has 2 nitrogen and oxygen atoms in total. The average molecular weight is 695 g/mol. The molecule has 3 heterocycles. The lowest BCUT2D eigenvalue weighted by Gasteiger charge is -2.23. The van der Waals surface area contributed by atoms with E-state index in [0.29, 0.717) is 0 Å². The number of thiophene rings is 1. The van der Waals surface area contributed by atoms with Crippen LogP contribution in [-0.2, 0) is 5.41 Å². The molecular formula is C50H34N2S. The summed E-state index contributed by atoms with van der Waals surface area (Å²) < 4.78 is 5.20. The van der Waals surface area contributed by atoms with E-state index in [4.69, 9.17) is 4.98 Å². The largest absolute Gasteiger partial charge is 0.308 e. The highest BCUT2D eigenvalue weighted by Gasteiger charge is 2.40. The second kappa shape index (κ2) is 11.4. The van der Waals surface area contributed by atoms with E-state index in [1.54, 1.807) is 0 Å². The van der Waals surface area contributed by atoms with Gasteiger partial charge in [0.1, 0.15) is 0 Å². The molecule has 0 amide bonds. The normalized spacial score (nSPS) is 13.2. The molecule has 0 radical (unpaired) electrons. The molecule has 10 aromatic rings. The molecule has 11 rings (SSSR count). The molecule has 53 heavy (non-hydrogen) atoms. The Morgan fingerprint density at radius 3 is 1.89 bits per heavy atom. The number of rotatable bonds is 4. The van der Waals surface area contributed by atoms with E-state index >= 15 is 0 Å². The van der Waals surface area contributed by atoms with Crippen molar-refractivity contribution in [3.63, 3.8) is 0 Å². The van der Waals surface area contributed by atoms with Gasteiger partial charge in [0.15, 0.2) is 0 Å². The smallest absolute Gasteiger partial charge is 0.0726 e. The second-order valence-corrected chi connectivity index (χ2v) is 15.8. The van der Waals surface area contributed by atoms with Crippen molar-refractivity contribution in [1.29, 1.82) is 0 Å². The number of hydrogen-bond acceptors (Lipinski definition) is 2. The molecule has 0 unspecified atom stereocenters. The van der Waals surface area contributed by atoms with Crippen LogP contribution in [0.15, 0.2) is 170 Å². The SMILES string of the molecule is CC1(C)c2ccccc2-c2c1c1c3ccccc3sc1c1c2c2ccccc2n1-c1ccc(-c2cc(-c3ccccc3)cc(-c3ccccc3)n2)cc1. The van der Waals surface area contributed by atoms with Crippen molar-refractivity contribution in [3.8, 4) is 50.5 Å². The van der Waals surface area contributed by atoms with Gasteiger partial charge in [0.05, 0.1) is 27.1 Å². The van der Waals surface area contributed by atoms with Crippen LogP contribution in [0.5, 0.6) is 0 Å². The Morgan fingerprint density at radius 1 is 0.528 bits per heavy atom. The standard InChI is InChI=1S/C50H34N2S/c1-50(2)39-22-12-9-19-36(39)44-45-37-20-10-13-23-42(37)52(48(45)49-46(47(44)50)38-21-11-14-24-43(38)53-49)35-27-25-33(26-28-35)41-30-34(31-15-5-3-6-16-31)29-40(51-41)32-17-7-4-8-18-32/h3-30H,1-2H3. The maximum atomic E-state index is 5.23. The van der Waals surface area contributed by atoms with E-state index in [0.717, 1.165) is 33.8 Å². The van der Waals surface area contributed by atoms with E-state index in [1.165, 1.54) is 69.8 Å². The maximum absolute atomic E-state index is 5.23. The Balaban J connectivity index is 1.18. The molecular weight excluding hydrogens is 661 g/mol. The van der Waals surface area contributed by atoms with Crippen molar-refractivity contribution < 1.29 is 0 Å². The highest BCUT2D eigenvalue weighted by Crippen LogP contribution is 2.58. The Morgan fingerprint density at radius 2 is 1.13 bits per heavy atom. The summed E-state index contributed by atoms with van der Waals surface area (Å²) in [7, 11) is 0. The fourth-order valence-corrected chi connectivity index (χ4v) is 10.2. The summed E-state index contributed by atoms with van der Waals surface area (Å²) in [4.78, 5) is 5.23. The van der Waals surface area contributed by atoms with Gasteiger partial charge in [-0.1, -0.05) is 147 Å². The Hall–Kier alpha value is -6.29. The molecule has 7 aromatic carbocycles. The number of pyridine rings is 1. The van der Waals surface area contributed by atoms with Crippen molar-refractivity contribution >= 4 is 53.3 Å². The Labute approximate surface area is 312 Å². The van der Waals surface area contributed by atoms with Crippen molar-refractivity contribution in [2.24, 2.45) is 0 Å². The van der Waals surface area contributed by atoms with Crippen LogP contribution in [0, 0.1) is 0 Å². The van der Waals surface area contributed by atoms with Gasteiger partial charge >= 0.3 is 0 Å². The fourth-order valence-electron chi connectivity index (χ4n) is 8.98. The van der Waals surface area contributed by atoms with Crippen LogP contribution in [-0.4, -0.2) is 9.55 Å². The molecule has 3 heteroatoms. The van der Waals surface area contributed by atoms with Crippen LogP contribution in [0.4, 0.5) is 0 Å². The highest BCUT2D eigenvalue weighted by molar-refractivity contribution is 7.26. The zero-order valence-corrected chi connectivity index (χ0v) is 30.3. The lowest BCUT2D eigenvalue weighted by atomic mass is 9.80. The molecule has 0 saturated heterocycles. The first kappa shape index (κ1) is 30.3. The maximum Gasteiger partial charge on any atom is 0.0726 e. The molecule has 0 atom stereocenters. The molecule has 0 saturated carbocycles. The quantitative estimate of drug-likeness (QED) is 0.179. The molecule has 3 aromatic heterocycles. The predicted molar refractivity (Wildman–Crippen MR) is 225 cm³/mol. The van der Waals surface area contributed by atoms with Gasteiger partial charge in [0.25, 0.3) is 0 Å². The van der Waals surface area contributed by atoms with Crippen LogP contribution in [0.1, 0.15) is 25.0 Å². The van der Waals surface area contributed by atoms with Crippen molar-refractivity contribution in [2.75, 3.05) is 0 Å². The van der Waals surface area contributed by atoms with Crippen LogP contribution < -0.4 is 0 Å². The van der Waals surface area contributed by atoms with Gasteiger partial charge in [-0.25, -0.2) is 4.98 Å². The van der Waals surface area contributed by atoms with Gasteiger partial charge in [-0.05, 0) is 69.8 Å². The predicted octanol–water partition coefficient (Wildman–Crippen LogP) is 13.9. The van der Waals surface area contributed by atoms with E-state index in [-0.39, 0.29) is 5.41 Å². The molecule has 250 valence electrons. The lowest BCUT2D eigenvalue weighted by Crippen LogP contribution is -2.15. The first-order valence-corrected chi connectivity index (χ1v) is 19.1. The summed E-state index contributed by atoms with van der Waals surface area (Å²) in [6, 6.07) is 61.6. The van der Waals surface area contributed by atoms with Crippen LogP contribution in [0.3, 0.4) is 0 Å². The average Bonchev–Trinajstić information content (AvgIpc) is 3.84. The summed E-state index contributed by atoms with van der Waals surface area (Å²) in [5.41, 5.74) is 15.6. The van der Waals surface area contributed by atoms with Crippen LogP contribution in [0.2, 0.25) is 0 Å². The second-order valence-electron chi connectivity index (χ2n) is 14.7. The monoisotopic (exact) mass is 694 g/mol. The number of hydrogen-bond donors (Lipinski definition) is 0. The number of benzene rings is 7. The van der Waals surface area contributed by atoms with Gasteiger partial charge in [-0.2, -0.15) is 0 Å². The minimum absolute atomic E-state index is 0.132. The number of para-hydroxylation sites is 1. The van der Waals surface area contributed by atoms with Crippen molar-refractivity contribution in [1.82, 2.24) is 9.55 Å². The lowest BCUT2D eigenvalue weighted by molar-refractivity contribution is 0.667. The first-order chi connectivity index (χ1) is 26.1. The summed E-state index contributed by atoms with van der Waals surface area (Å²) >= 11 is 1.93. The summed E-state index contributed by atoms with van der Waals surface area (Å²) in [5.74, 6) is 0. The third-order valence-corrected chi connectivity index (χ3v) is 12.5. The van der Waals surface area contributed by atoms with Gasteiger partial charge < -0.3 is 4.57 Å². The Bertz CT molecular complexity index is 3000. The number of nitrogens with zero attached hydrogens (tertiary/aromatic N) is 2. The van der Waals surface area contributed by atoms with E-state index in [2.05, 4.69) is 188 Å². The minimum Gasteiger partial charge on any atom is -0.308 e. The van der Waals surface area contributed by atoms with Gasteiger partial charge in [0.2, 0.25) is 0 Å². The Kier molecular flexibility index (Phi) is 6.50. The fraction of sp³-hybridized carbons (Fsp3) is 0.0600. The molecule has 1 aliphatic carbocycles. The third kappa shape index (κ3) is 4.41. The zero-order valence-electron chi connectivity index (χ0n) is 29.5. The molecule has 0 fully saturated rings. The minimum atomic E-state index is -0.132. The van der Waals surface area contributed by atoms with Crippen molar-refractivity contribution in [3.05, 3.63) is 181 Å². The summed E-state index contributed by atoms with van der Waals surface area (Å²) in [6.45, 7) is 4.83. The van der Waals surface area contributed by atoms with Gasteiger partial charge in [-0.15, -0.1) is 11.3 Å². The summed E-state index contributed by atoms with van der Waals surface area (Å²) in [5, 5.41) is 5.38. The van der Waals surface area contributed by atoms with E-state index < -0.39 is 0 Å². The number of fused-ring (bicyclic) bond motifs is 12. The molecule has 1 aliphatic rings. The van der Waals surface area contributed by atoms with E-state index in [1.807, 2.05) is 11.3 Å². The number of aromatic nitrogens is 2. The van der Waals surface area contributed by atoms with Crippen molar-refractivity contribution in [2.45, 2.75) is 19.3 Å². The first-order valence-electron chi connectivity index (χ1n) is 18.3. The molecule has 0 aliphatic heterocycles. The van der Waals surface area contributed by atoms with Crippen LogP contribution >= 0.6 is 11.3 Å². The highest BCUT2D eigenvalue weighted by atomic mass is 32.1. The zero-order chi connectivity index (χ0) is 35.3. The summed E-state index contributed by atoms with van der Waals surface area (Å²) in [6.07, 6.45) is 0. The molecule has 0 bridgehead atoms. The van der Waals surface area contributed by atoms with Crippen LogP contribution in [0.25, 0.3) is 92.4 Å². The third-order valence-electron chi connectivity index (χ3n) is 11.4. The molecule has 0 spiro atoms. The van der Waals surface area contributed by atoms with Gasteiger partial charge in [0, 0.05) is 48.5 Å². The molecule has 0 N–H and O–H groups in total. The van der Waals surface area contributed by atoms with Gasteiger partial charge in [-0.3, -0.25) is 0 Å². The van der Waals surface area contributed by atoms with E-state index in [9.17, 15) is 0 Å². The topological polar surface area (TPSA) is 17.8 Å².